The van der Waals surface area contributed by atoms with E-state index >= 15 is 0 Å². The normalized spacial score (nSPS) is 10.7. The van der Waals surface area contributed by atoms with Gasteiger partial charge in [-0.1, -0.05) is 38.5 Å². The van der Waals surface area contributed by atoms with Crippen molar-refractivity contribution in [1.29, 1.82) is 0 Å². The van der Waals surface area contributed by atoms with Crippen LogP contribution >= 0.6 is 0 Å². The molecule has 2 N–H and O–H groups in total. The molecule has 0 spiro atoms. The molecule has 1 aromatic carbocycles. The second-order valence-electron chi connectivity index (χ2n) is 5.33. The van der Waals surface area contributed by atoms with Gasteiger partial charge in [0.1, 0.15) is 0 Å². The summed E-state index contributed by atoms with van der Waals surface area (Å²) in [6.07, 6.45) is 3.58. The van der Waals surface area contributed by atoms with Crippen LogP contribution in [0.5, 0.6) is 0 Å². The molecule has 0 fully saturated rings. The first-order valence-corrected chi connectivity index (χ1v) is 7.20. The Kier molecular flexibility index (Phi) is 7.19. The lowest BCUT2D eigenvalue weighted by Gasteiger charge is -2.24. The number of nitrogens with zero attached hydrogens (tertiary/aromatic N) is 1. The zero-order valence-electron chi connectivity index (χ0n) is 12.1. The van der Waals surface area contributed by atoms with Gasteiger partial charge >= 0.3 is 0 Å². The van der Waals surface area contributed by atoms with E-state index in [1.54, 1.807) is 0 Å². The minimum absolute atomic E-state index is 0.219. The highest BCUT2D eigenvalue weighted by atomic mass is 16.2. The summed E-state index contributed by atoms with van der Waals surface area (Å²) in [5.74, 6) is 0.685. The second-order valence-corrected chi connectivity index (χ2v) is 5.33. The van der Waals surface area contributed by atoms with E-state index in [0.29, 0.717) is 18.9 Å². The maximum absolute atomic E-state index is 12.3. The van der Waals surface area contributed by atoms with Crippen molar-refractivity contribution < 1.29 is 4.79 Å². The van der Waals surface area contributed by atoms with Crippen LogP contribution in [0.4, 0.5) is 5.69 Å². The highest BCUT2D eigenvalue weighted by molar-refractivity contribution is 5.93. The maximum Gasteiger partial charge on any atom is 0.226 e. The second kappa shape index (κ2) is 8.70. The first-order valence-electron chi connectivity index (χ1n) is 7.20. The van der Waals surface area contributed by atoms with Crippen molar-refractivity contribution >= 4 is 11.6 Å². The van der Waals surface area contributed by atoms with Gasteiger partial charge in [0.05, 0.1) is 0 Å². The van der Waals surface area contributed by atoms with Crippen LogP contribution in [0.3, 0.4) is 0 Å². The molecule has 0 saturated heterocycles. The Morgan fingerprint density at radius 3 is 2.42 bits per heavy atom. The van der Waals surface area contributed by atoms with E-state index in [0.717, 1.165) is 31.5 Å². The Morgan fingerprint density at radius 1 is 1.16 bits per heavy atom. The molecule has 106 valence electrons. The molecule has 19 heavy (non-hydrogen) atoms. The predicted octanol–water partition coefficient (Wildman–Crippen LogP) is 3.19. The number of carbonyl (C=O) groups is 1. The zero-order valence-corrected chi connectivity index (χ0v) is 12.1. The molecular weight excluding hydrogens is 236 g/mol. The van der Waals surface area contributed by atoms with Gasteiger partial charge in [0.2, 0.25) is 5.91 Å². The van der Waals surface area contributed by atoms with Crippen LogP contribution in [-0.2, 0) is 4.79 Å². The van der Waals surface area contributed by atoms with Gasteiger partial charge in [-0.05, 0) is 37.4 Å². The number of para-hydroxylation sites is 1. The molecule has 0 saturated carbocycles. The third kappa shape index (κ3) is 5.88. The molecule has 0 heterocycles. The van der Waals surface area contributed by atoms with Gasteiger partial charge in [0.25, 0.3) is 0 Å². The van der Waals surface area contributed by atoms with Crippen LogP contribution in [0.25, 0.3) is 0 Å². The Bertz CT molecular complexity index is 362. The number of unbranched alkanes of at least 4 members (excludes halogenated alkanes) is 2. The molecule has 0 atom stereocenters. The van der Waals surface area contributed by atoms with Crippen molar-refractivity contribution in [3.05, 3.63) is 30.3 Å². The average molecular weight is 262 g/mol. The van der Waals surface area contributed by atoms with Crippen molar-refractivity contribution in [3.63, 3.8) is 0 Å². The number of hydrogen-bond acceptors (Lipinski definition) is 2. The molecular formula is C16H26N2O. The monoisotopic (exact) mass is 262 g/mol. The lowest BCUT2D eigenvalue weighted by molar-refractivity contribution is -0.118. The number of anilines is 1. The number of amides is 1. The molecule has 0 unspecified atom stereocenters. The van der Waals surface area contributed by atoms with Gasteiger partial charge in [0, 0.05) is 18.7 Å². The Hall–Kier alpha value is -1.35. The highest BCUT2D eigenvalue weighted by Crippen LogP contribution is 2.17. The van der Waals surface area contributed by atoms with E-state index in [9.17, 15) is 4.79 Å². The Balaban J connectivity index is 2.61. The van der Waals surface area contributed by atoms with Crippen molar-refractivity contribution in [2.75, 3.05) is 18.0 Å². The van der Waals surface area contributed by atoms with E-state index < -0.39 is 0 Å². The van der Waals surface area contributed by atoms with Crippen molar-refractivity contribution in [1.82, 2.24) is 0 Å². The van der Waals surface area contributed by atoms with Gasteiger partial charge < -0.3 is 10.6 Å². The molecule has 0 aliphatic rings. The third-order valence-electron chi connectivity index (χ3n) is 3.01. The standard InChI is InChI=1S/C16H26N2O/c1-14(2)13-18(15-9-5-3-6-10-15)16(19)11-7-4-8-12-17/h3,5-6,9-10,14H,4,7-8,11-13,17H2,1-2H3. The number of nitrogens with two attached hydrogens (primary N) is 1. The summed E-state index contributed by atoms with van der Waals surface area (Å²) in [4.78, 5) is 14.2. The topological polar surface area (TPSA) is 46.3 Å². The first kappa shape index (κ1) is 15.7. The first-order chi connectivity index (χ1) is 9.15. The summed E-state index contributed by atoms with van der Waals surface area (Å²) >= 11 is 0. The SMILES string of the molecule is CC(C)CN(C(=O)CCCCCN)c1ccccc1. The highest BCUT2D eigenvalue weighted by Gasteiger charge is 2.16. The summed E-state index contributed by atoms with van der Waals surface area (Å²) in [7, 11) is 0. The molecule has 3 nitrogen and oxygen atoms in total. The van der Waals surface area contributed by atoms with Crippen molar-refractivity contribution in [3.8, 4) is 0 Å². The van der Waals surface area contributed by atoms with Gasteiger partial charge in [0.15, 0.2) is 0 Å². The van der Waals surface area contributed by atoms with Crippen LogP contribution in [0.1, 0.15) is 39.5 Å². The summed E-state index contributed by atoms with van der Waals surface area (Å²) < 4.78 is 0. The Morgan fingerprint density at radius 2 is 1.84 bits per heavy atom. The number of hydrogen-bond donors (Lipinski definition) is 1. The number of rotatable bonds is 8. The predicted molar refractivity (Wildman–Crippen MR) is 81.2 cm³/mol. The molecule has 1 amide bonds. The van der Waals surface area contributed by atoms with Gasteiger partial charge in [-0.15, -0.1) is 0 Å². The number of benzene rings is 1. The lowest BCUT2D eigenvalue weighted by atomic mass is 10.1. The van der Waals surface area contributed by atoms with Crippen LogP contribution in [0.15, 0.2) is 30.3 Å². The maximum atomic E-state index is 12.3. The summed E-state index contributed by atoms with van der Waals surface area (Å²) in [5, 5.41) is 0. The molecule has 0 aliphatic carbocycles. The third-order valence-corrected chi connectivity index (χ3v) is 3.01. The van der Waals surface area contributed by atoms with Gasteiger partial charge in [-0.3, -0.25) is 4.79 Å². The van der Waals surface area contributed by atoms with Crippen LogP contribution in [-0.4, -0.2) is 19.0 Å². The van der Waals surface area contributed by atoms with Gasteiger partial charge in [-0.2, -0.15) is 0 Å². The van der Waals surface area contributed by atoms with Crippen LogP contribution in [0, 0.1) is 5.92 Å². The fourth-order valence-corrected chi connectivity index (χ4v) is 2.06. The minimum atomic E-state index is 0.219. The lowest BCUT2D eigenvalue weighted by Crippen LogP contribution is -2.34. The van der Waals surface area contributed by atoms with E-state index in [-0.39, 0.29) is 5.91 Å². The molecule has 1 aromatic rings. The van der Waals surface area contributed by atoms with E-state index in [4.69, 9.17) is 5.73 Å². The van der Waals surface area contributed by atoms with Crippen LogP contribution < -0.4 is 10.6 Å². The molecule has 0 aromatic heterocycles. The summed E-state index contributed by atoms with van der Waals surface area (Å²) in [6.45, 7) is 5.76. The fraction of sp³-hybridized carbons (Fsp3) is 0.562. The summed E-state index contributed by atoms with van der Waals surface area (Å²) in [5.41, 5.74) is 6.47. The van der Waals surface area contributed by atoms with Crippen molar-refractivity contribution in [2.24, 2.45) is 11.7 Å². The zero-order chi connectivity index (χ0) is 14.1. The quantitative estimate of drug-likeness (QED) is 0.731. The molecule has 0 radical (unpaired) electrons. The van der Waals surface area contributed by atoms with Crippen LogP contribution in [0.2, 0.25) is 0 Å². The number of carbonyl (C=O) groups excluding carboxylic acids is 1. The van der Waals surface area contributed by atoms with Crippen molar-refractivity contribution in [2.45, 2.75) is 39.5 Å². The molecule has 0 aliphatic heterocycles. The largest absolute Gasteiger partial charge is 0.330 e. The van der Waals surface area contributed by atoms with E-state index in [1.807, 2.05) is 35.2 Å². The molecule has 1 rings (SSSR count). The molecule has 3 heteroatoms. The smallest absolute Gasteiger partial charge is 0.226 e. The average Bonchev–Trinajstić information content (AvgIpc) is 2.41. The summed E-state index contributed by atoms with van der Waals surface area (Å²) in [6, 6.07) is 9.93. The molecule has 0 bridgehead atoms. The van der Waals surface area contributed by atoms with E-state index in [2.05, 4.69) is 13.8 Å². The van der Waals surface area contributed by atoms with E-state index in [1.165, 1.54) is 0 Å². The minimum Gasteiger partial charge on any atom is -0.330 e. The fourth-order valence-electron chi connectivity index (χ4n) is 2.06. The Labute approximate surface area is 116 Å². The van der Waals surface area contributed by atoms with Gasteiger partial charge in [-0.25, -0.2) is 0 Å².